The Labute approximate surface area is 146 Å². The standard InChI is InChI=1S/C20H31N3O/c1-15-5-4-6-18(13-15)23-11-9-22(10-12-23)8-7-17(3)21-20(24)19-14-16(19)2/h4-6,13,16-17,19H,7-12,14H2,1-3H3,(H,21,24)/t16-,17-,19+/m0/s1. The van der Waals surface area contributed by atoms with Crippen molar-refractivity contribution in [3.8, 4) is 0 Å². The lowest BCUT2D eigenvalue weighted by atomic mass is 10.1. The van der Waals surface area contributed by atoms with Gasteiger partial charge in [0.2, 0.25) is 5.91 Å². The second kappa shape index (κ2) is 7.56. The van der Waals surface area contributed by atoms with Crippen LogP contribution >= 0.6 is 0 Å². The van der Waals surface area contributed by atoms with Gasteiger partial charge in [0.15, 0.2) is 0 Å². The van der Waals surface area contributed by atoms with E-state index in [1.54, 1.807) is 0 Å². The Morgan fingerprint density at radius 1 is 1.29 bits per heavy atom. The van der Waals surface area contributed by atoms with Crippen LogP contribution in [0.3, 0.4) is 0 Å². The van der Waals surface area contributed by atoms with E-state index in [0.29, 0.717) is 5.92 Å². The molecule has 3 rings (SSSR count). The van der Waals surface area contributed by atoms with Crippen molar-refractivity contribution in [2.75, 3.05) is 37.6 Å². The van der Waals surface area contributed by atoms with Gasteiger partial charge in [-0.1, -0.05) is 19.1 Å². The molecule has 1 heterocycles. The zero-order chi connectivity index (χ0) is 17.1. The van der Waals surface area contributed by atoms with Crippen molar-refractivity contribution in [2.24, 2.45) is 11.8 Å². The van der Waals surface area contributed by atoms with Gasteiger partial charge in [-0.2, -0.15) is 0 Å². The minimum absolute atomic E-state index is 0.263. The van der Waals surface area contributed by atoms with Gasteiger partial charge in [0.1, 0.15) is 0 Å². The van der Waals surface area contributed by atoms with Crippen LogP contribution < -0.4 is 10.2 Å². The fourth-order valence-corrected chi connectivity index (χ4v) is 3.54. The molecule has 0 aromatic heterocycles. The van der Waals surface area contributed by atoms with Gasteiger partial charge >= 0.3 is 0 Å². The molecule has 0 spiro atoms. The molecular weight excluding hydrogens is 298 g/mol. The predicted octanol–water partition coefficient (Wildman–Crippen LogP) is 2.67. The number of amides is 1. The molecule has 0 unspecified atom stereocenters. The van der Waals surface area contributed by atoms with Gasteiger partial charge < -0.3 is 10.2 Å². The van der Waals surface area contributed by atoms with Crippen molar-refractivity contribution in [1.29, 1.82) is 0 Å². The second-order valence-electron chi connectivity index (χ2n) is 7.69. The van der Waals surface area contributed by atoms with Crippen molar-refractivity contribution in [2.45, 2.75) is 39.7 Å². The van der Waals surface area contributed by atoms with Gasteiger partial charge in [-0.25, -0.2) is 0 Å². The number of benzene rings is 1. The van der Waals surface area contributed by atoms with E-state index in [2.05, 4.69) is 60.2 Å². The van der Waals surface area contributed by atoms with Crippen molar-refractivity contribution in [3.05, 3.63) is 29.8 Å². The number of nitrogens with one attached hydrogen (secondary N) is 1. The molecule has 1 aliphatic carbocycles. The predicted molar refractivity (Wildman–Crippen MR) is 99.3 cm³/mol. The van der Waals surface area contributed by atoms with Crippen LogP contribution in [0, 0.1) is 18.8 Å². The average Bonchev–Trinajstić information content (AvgIpc) is 3.30. The molecule has 4 heteroatoms. The summed E-state index contributed by atoms with van der Waals surface area (Å²) in [4.78, 5) is 17.0. The van der Waals surface area contributed by atoms with Gasteiger partial charge in [-0.05, 0) is 50.3 Å². The smallest absolute Gasteiger partial charge is 0.223 e. The molecule has 4 nitrogen and oxygen atoms in total. The van der Waals surface area contributed by atoms with Gasteiger partial charge in [0.05, 0.1) is 0 Å². The maximum atomic E-state index is 12.0. The number of carbonyl (C=O) groups excluding carboxylic acids is 1. The summed E-state index contributed by atoms with van der Waals surface area (Å²) in [5.41, 5.74) is 2.67. The van der Waals surface area contributed by atoms with Crippen LogP contribution in [-0.2, 0) is 4.79 Å². The minimum atomic E-state index is 0.263. The highest BCUT2D eigenvalue weighted by Crippen LogP contribution is 2.37. The molecule has 3 atom stereocenters. The Morgan fingerprint density at radius 3 is 2.62 bits per heavy atom. The number of aryl methyl sites for hydroxylation is 1. The van der Waals surface area contributed by atoms with Gasteiger partial charge in [-0.15, -0.1) is 0 Å². The molecular formula is C20H31N3O. The molecule has 1 saturated heterocycles. The molecule has 1 N–H and O–H groups in total. The molecule has 1 aromatic carbocycles. The highest BCUT2D eigenvalue weighted by Gasteiger charge is 2.39. The molecule has 2 fully saturated rings. The first-order valence-corrected chi connectivity index (χ1v) is 9.37. The third-order valence-electron chi connectivity index (χ3n) is 5.45. The highest BCUT2D eigenvalue weighted by atomic mass is 16.2. The Hall–Kier alpha value is -1.55. The Kier molecular flexibility index (Phi) is 5.44. The van der Waals surface area contributed by atoms with Crippen molar-refractivity contribution in [3.63, 3.8) is 0 Å². The Balaban J connectivity index is 1.37. The molecule has 24 heavy (non-hydrogen) atoms. The molecule has 132 valence electrons. The van der Waals surface area contributed by atoms with E-state index in [9.17, 15) is 4.79 Å². The average molecular weight is 329 g/mol. The normalized spacial score (nSPS) is 25.4. The minimum Gasteiger partial charge on any atom is -0.369 e. The maximum absolute atomic E-state index is 12.0. The van der Waals surface area contributed by atoms with E-state index in [-0.39, 0.29) is 17.9 Å². The summed E-state index contributed by atoms with van der Waals surface area (Å²) in [6, 6.07) is 9.05. The summed E-state index contributed by atoms with van der Waals surface area (Å²) in [6.45, 7) is 11.9. The van der Waals surface area contributed by atoms with Crippen LogP contribution in [0.15, 0.2) is 24.3 Å². The summed E-state index contributed by atoms with van der Waals surface area (Å²) >= 11 is 0. The van der Waals surface area contributed by atoms with Crippen LogP contribution in [0.5, 0.6) is 0 Å². The number of anilines is 1. The summed E-state index contributed by atoms with van der Waals surface area (Å²) in [6.07, 6.45) is 2.11. The number of carbonyl (C=O) groups is 1. The van der Waals surface area contributed by atoms with Crippen molar-refractivity contribution >= 4 is 11.6 Å². The lowest BCUT2D eigenvalue weighted by molar-refractivity contribution is -0.123. The molecule has 0 radical (unpaired) electrons. The maximum Gasteiger partial charge on any atom is 0.223 e. The number of hydrogen-bond donors (Lipinski definition) is 1. The zero-order valence-corrected chi connectivity index (χ0v) is 15.3. The topological polar surface area (TPSA) is 35.6 Å². The number of piperazine rings is 1. The summed E-state index contributed by atoms with van der Waals surface area (Å²) in [5.74, 6) is 1.14. The van der Waals surface area contributed by atoms with E-state index < -0.39 is 0 Å². The zero-order valence-electron chi connectivity index (χ0n) is 15.3. The second-order valence-corrected chi connectivity index (χ2v) is 7.69. The van der Waals surface area contributed by atoms with Gasteiger partial charge in [0.25, 0.3) is 0 Å². The van der Waals surface area contributed by atoms with Gasteiger partial charge in [0, 0.05) is 50.4 Å². The quantitative estimate of drug-likeness (QED) is 0.871. The van der Waals surface area contributed by atoms with E-state index in [4.69, 9.17) is 0 Å². The number of hydrogen-bond acceptors (Lipinski definition) is 3. The van der Waals surface area contributed by atoms with E-state index in [0.717, 1.165) is 45.6 Å². The fraction of sp³-hybridized carbons (Fsp3) is 0.650. The SMILES string of the molecule is Cc1cccc(N2CCN(CC[C@H](C)NC(=O)[C@@H]3C[C@@H]3C)CC2)c1. The molecule has 1 saturated carbocycles. The molecule has 1 aromatic rings. The first kappa shape index (κ1) is 17.3. The third kappa shape index (κ3) is 4.50. The summed E-state index contributed by atoms with van der Waals surface area (Å²) < 4.78 is 0. The van der Waals surface area contributed by atoms with Crippen LogP contribution in [0.2, 0.25) is 0 Å². The van der Waals surface area contributed by atoms with Crippen LogP contribution in [0.1, 0.15) is 32.3 Å². The monoisotopic (exact) mass is 329 g/mol. The molecule has 2 aliphatic rings. The molecule has 1 aliphatic heterocycles. The van der Waals surface area contributed by atoms with Crippen LogP contribution in [0.4, 0.5) is 5.69 Å². The van der Waals surface area contributed by atoms with E-state index in [1.807, 2.05) is 0 Å². The highest BCUT2D eigenvalue weighted by molar-refractivity contribution is 5.81. The third-order valence-corrected chi connectivity index (χ3v) is 5.45. The fourth-order valence-electron chi connectivity index (χ4n) is 3.54. The lowest BCUT2D eigenvalue weighted by Gasteiger charge is -2.36. The van der Waals surface area contributed by atoms with Crippen molar-refractivity contribution < 1.29 is 4.79 Å². The Morgan fingerprint density at radius 2 is 2.00 bits per heavy atom. The largest absolute Gasteiger partial charge is 0.369 e. The molecule has 1 amide bonds. The lowest BCUT2D eigenvalue weighted by Crippen LogP contribution is -2.47. The Bertz CT molecular complexity index is 566. The van der Waals surface area contributed by atoms with E-state index in [1.165, 1.54) is 11.3 Å². The van der Waals surface area contributed by atoms with Gasteiger partial charge in [-0.3, -0.25) is 9.69 Å². The first-order chi connectivity index (χ1) is 11.5. The summed E-state index contributed by atoms with van der Waals surface area (Å²) in [7, 11) is 0. The van der Waals surface area contributed by atoms with Crippen LogP contribution in [0.25, 0.3) is 0 Å². The number of nitrogens with zero attached hydrogens (tertiary/aromatic N) is 2. The van der Waals surface area contributed by atoms with Crippen molar-refractivity contribution in [1.82, 2.24) is 10.2 Å². The summed E-state index contributed by atoms with van der Waals surface area (Å²) in [5, 5.41) is 3.18. The molecule has 0 bridgehead atoms. The van der Waals surface area contributed by atoms with Crippen LogP contribution in [-0.4, -0.2) is 49.6 Å². The first-order valence-electron chi connectivity index (χ1n) is 9.37. The number of rotatable bonds is 6. The van der Waals surface area contributed by atoms with E-state index >= 15 is 0 Å².